The third-order valence-corrected chi connectivity index (χ3v) is 5.62. The molecule has 0 bridgehead atoms. The van der Waals surface area contributed by atoms with Gasteiger partial charge in [-0.2, -0.15) is 5.10 Å². The van der Waals surface area contributed by atoms with E-state index in [2.05, 4.69) is 20.6 Å². The van der Waals surface area contributed by atoms with E-state index in [1.807, 2.05) is 23.6 Å². The maximum Gasteiger partial charge on any atom is 0.171 e. The molecule has 2 aliphatic rings. The van der Waals surface area contributed by atoms with Crippen molar-refractivity contribution in [3.05, 3.63) is 53.7 Å². The minimum absolute atomic E-state index is 0.0276. The Morgan fingerprint density at radius 2 is 2.03 bits per heavy atom. The highest BCUT2D eigenvalue weighted by molar-refractivity contribution is 5.80. The van der Waals surface area contributed by atoms with Gasteiger partial charge in [0.2, 0.25) is 0 Å². The van der Waals surface area contributed by atoms with E-state index in [1.54, 1.807) is 23.3 Å². The Kier molecular flexibility index (Phi) is 3.35. The van der Waals surface area contributed by atoms with Crippen LogP contribution in [-0.2, 0) is 13.6 Å². The summed E-state index contributed by atoms with van der Waals surface area (Å²) in [5, 5.41) is 16.0. The van der Waals surface area contributed by atoms with Crippen molar-refractivity contribution in [2.24, 2.45) is 7.05 Å². The second-order valence-electron chi connectivity index (χ2n) is 7.25. The lowest BCUT2D eigenvalue weighted by molar-refractivity contribution is 0.249. The summed E-state index contributed by atoms with van der Waals surface area (Å²) in [6.45, 7) is 1.17. The summed E-state index contributed by atoms with van der Waals surface area (Å²) < 4.78 is 30.2. The standard InChI is InChI=1S/C20H17FN6O2/c1-26-15(4-5-24-26)12-6-17-20(27-10-23-25-19(12)27)22-7-13-14(21)2-3-16-18(13)11(8-28-16)9-29-17/h2-6,10-11,22H,7-9H2,1H3. The molecule has 146 valence electrons. The fourth-order valence-electron chi connectivity index (χ4n) is 4.21. The predicted octanol–water partition coefficient (Wildman–Crippen LogP) is 2.75. The van der Waals surface area contributed by atoms with E-state index >= 15 is 0 Å². The monoisotopic (exact) mass is 392 g/mol. The molecule has 0 amide bonds. The molecule has 3 aromatic heterocycles. The van der Waals surface area contributed by atoms with Crippen LogP contribution < -0.4 is 14.8 Å². The number of aromatic nitrogens is 5. The third kappa shape index (κ3) is 2.33. The summed E-state index contributed by atoms with van der Waals surface area (Å²) in [5.74, 6) is 1.79. The van der Waals surface area contributed by atoms with E-state index in [0.717, 1.165) is 22.6 Å². The molecular weight excluding hydrogens is 375 g/mol. The first kappa shape index (κ1) is 16.3. The number of benzene rings is 1. The van der Waals surface area contributed by atoms with E-state index in [9.17, 15) is 4.39 Å². The van der Waals surface area contributed by atoms with Gasteiger partial charge in [0.25, 0.3) is 0 Å². The highest BCUT2D eigenvalue weighted by atomic mass is 19.1. The first-order valence-corrected chi connectivity index (χ1v) is 9.36. The number of pyridine rings is 1. The second-order valence-corrected chi connectivity index (χ2v) is 7.25. The zero-order valence-corrected chi connectivity index (χ0v) is 15.6. The van der Waals surface area contributed by atoms with Crippen LogP contribution in [0.1, 0.15) is 17.0 Å². The average molecular weight is 392 g/mol. The van der Waals surface area contributed by atoms with Crippen LogP contribution in [0.4, 0.5) is 10.2 Å². The number of rotatable bonds is 1. The van der Waals surface area contributed by atoms with Crippen molar-refractivity contribution in [3.63, 3.8) is 0 Å². The lowest BCUT2D eigenvalue weighted by atomic mass is 9.96. The lowest BCUT2D eigenvalue weighted by Crippen LogP contribution is -2.13. The van der Waals surface area contributed by atoms with E-state index in [4.69, 9.17) is 9.47 Å². The van der Waals surface area contributed by atoms with Gasteiger partial charge in [-0.1, -0.05) is 0 Å². The molecule has 1 atom stereocenters. The number of hydrogen-bond donors (Lipinski definition) is 1. The minimum Gasteiger partial charge on any atom is -0.493 e. The van der Waals surface area contributed by atoms with Gasteiger partial charge in [0.05, 0.1) is 24.8 Å². The van der Waals surface area contributed by atoms with E-state index in [0.29, 0.717) is 42.5 Å². The summed E-state index contributed by atoms with van der Waals surface area (Å²) in [6, 6.07) is 7.00. The van der Waals surface area contributed by atoms with Gasteiger partial charge in [-0.15, -0.1) is 10.2 Å². The Morgan fingerprint density at radius 3 is 2.86 bits per heavy atom. The Balaban J connectivity index is 1.54. The summed E-state index contributed by atoms with van der Waals surface area (Å²) in [4.78, 5) is 0. The summed E-state index contributed by atoms with van der Waals surface area (Å²) in [7, 11) is 1.87. The van der Waals surface area contributed by atoms with Crippen LogP contribution in [0.25, 0.3) is 16.9 Å². The fourth-order valence-corrected chi connectivity index (χ4v) is 4.21. The Morgan fingerprint density at radius 1 is 1.17 bits per heavy atom. The first-order chi connectivity index (χ1) is 14.2. The van der Waals surface area contributed by atoms with Crippen molar-refractivity contribution in [1.82, 2.24) is 24.4 Å². The smallest absolute Gasteiger partial charge is 0.171 e. The van der Waals surface area contributed by atoms with Crippen molar-refractivity contribution in [3.8, 4) is 22.8 Å². The van der Waals surface area contributed by atoms with Crippen LogP contribution in [0.3, 0.4) is 0 Å². The van der Waals surface area contributed by atoms with Gasteiger partial charge < -0.3 is 14.8 Å². The normalized spacial score (nSPS) is 17.4. The van der Waals surface area contributed by atoms with Gasteiger partial charge in [0.1, 0.15) is 17.9 Å². The highest BCUT2D eigenvalue weighted by Gasteiger charge is 2.31. The zero-order chi connectivity index (χ0) is 19.5. The fraction of sp³-hybridized carbons (Fsp3) is 0.250. The van der Waals surface area contributed by atoms with Gasteiger partial charge in [0.15, 0.2) is 17.2 Å². The van der Waals surface area contributed by atoms with Crippen molar-refractivity contribution in [1.29, 1.82) is 0 Å². The molecule has 4 aromatic rings. The molecule has 0 spiro atoms. The number of aryl methyl sites for hydroxylation is 1. The largest absolute Gasteiger partial charge is 0.493 e. The Labute approximate surface area is 164 Å². The van der Waals surface area contributed by atoms with Gasteiger partial charge in [-0.3, -0.25) is 9.08 Å². The zero-order valence-electron chi connectivity index (χ0n) is 15.6. The maximum absolute atomic E-state index is 14.6. The van der Waals surface area contributed by atoms with Crippen LogP contribution in [0.15, 0.2) is 36.8 Å². The third-order valence-electron chi connectivity index (χ3n) is 5.62. The maximum atomic E-state index is 14.6. The molecule has 1 unspecified atom stereocenters. The molecule has 8 nitrogen and oxygen atoms in total. The molecule has 9 heteroatoms. The van der Waals surface area contributed by atoms with Crippen LogP contribution in [0.5, 0.6) is 11.5 Å². The molecule has 5 heterocycles. The van der Waals surface area contributed by atoms with Gasteiger partial charge >= 0.3 is 0 Å². The van der Waals surface area contributed by atoms with Crippen molar-refractivity contribution in [2.75, 3.05) is 18.5 Å². The molecule has 1 N–H and O–H groups in total. The number of anilines is 1. The molecule has 0 saturated carbocycles. The molecule has 6 rings (SSSR count). The van der Waals surface area contributed by atoms with Crippen LogP contribution in [0, 0.1) is 5.82 Å². The predicted molar refractivity (Wildman–Crippen MR) is 103 cm³/mol. The van der Waals surface area contributed by atoms with Gasteiger partial charge in [-0.25, -0.2) is 4.39 Å². The Hall–Kier alpha value is -3.62. The van der Waals surface area contributed by atoms with E-state index < -0.39 is 0 Å². The quantitative estimate of drug-likeness (QED) is 0.537. The number of nitrogens with one attached hydrogen (secondary N) is 1. The molecule has 0 radical (unpaired) electrons. The van der Waals surface area contributed by atoms with Crippen molar-refractivity contribution < 1.29 is 13.9 Å². The topological polar surface area (TPSA) is 78.5 Å². The molecular formula is C20H17FN6O2. The molecule has 29 heavy (non-hydrogen) atoms. The van der Waals surface area contributed by atoms with Gasteiger partial charge in [0, 0.05) is 36.5 Å². The lowest BCUT2D eigenvalue weighted by Gasteiger charge is -2.16. The molecule has 0 aliphatic carbocycles. The second kappa shape index (κ2) is 5.94. The first-order valence-electron chi connectivity index (χ1n) is 9.36. The summed E-state index contributed by atoms with van der Waals surface area (Å²) in [6.07, 6.45) is 3.36. The van der Waals surface area contributed by atoms with Crippen LogP contribution in [0.2, 0.25) is 0 Å². The summed E-state index contributed by atoms with van der Waals surface area (Å²) in [5.41, 5.74) is 3.92. The number of ether oxygens (including phenoxy) is 2. The average Bonchev–Trinajstić information content (AvgIpc) is 3.45. The van der Waals surface area contributed by atoms with Crippen molar-refractivity contribution >= 4 is 11.5 Å². The molecule has 1 aromatic carbocycles. The number of hydrogen-bond acceptors (Lipinski definition) is 6. The number of halogens is 1. The molecule has 2 aliphatic heterocycles. The number of fused-ring (bicyclic) bond motifs is 3. The van der Waals surface area contributed by atoms with Crippen LogP contribution >= 0.6 is 0 Å². The number of nitrogens with zero attached hydrogens (tertiary/aromatic N) is 5. The molecule has 0 saturated heterocycles. The SMILES string of the molecule is Cn1nccc1-c1cc2c(n3cnnc13)NCc1c(F)ccc3c1C(CO3)CO2. The molecule has 0 fully saturated rings. The van der Waals surface area contributed by atoms with Gasteiger partial charge in [-0.05, 0) is 24.3 Å². The van der Waals surface area contributed by atoms with E-state index in [-0.39, 0.29) is 11.7 Å². The highest BCUT2D eigenvalue weighted by Crippen LogP contribution is 2.41. The summed E-state index contributed by atoms with van der Waals surface area (Å²) >= 11 is 0. The Bertz CT molecular complexity index is 1260. The van der Waals surface area contributed by atoms with Crippen LogP contribution in [-0.4, -0.2) is 37.6 Å². The van der Waals surface area contributed by atoms with Crippen molar-refractivity contribution in [2.45, 2.75) is 12.5 Å². The minimum atomic E-state index is -0.248. The van der Waals surface area contributed by atoms with E-state index in [1.165, 1.54) is 6.07 Å².